The summed E-state index contributed by atoms with van der Waals surface area (Å²) in [6.45, 7) is 4.23. The molecule has 1 aromatic heterocycles. The van der Waals surface area contributed by atoms with Crippen molar-refractivity contribution in [1.29, 1.82) is 0 Å². The summed E-state index contributed by atoms with van der Waals surface area (Å²) in [5.41, 5.74) is 0.618. The Morgan fingerprint density at radius 3 is 2.87 bits per heavy atom. The number of hydrogen-bond acceptors (Lipinski definition) is 3. The van der Waals surface area contributed by atoms with Gasteiger partial charge in [0.15, 0.2) is 0 Å². The van der Waals surface area contributed by atoms with Crippen molar-refractivity contribution < 1.29 is 0 Å². The van der Waals surface area contributed by atoms with E-state index in [2.05, 4.69) is 22.4 Å². The summed E-state index contributed by atoms with van der Waals surface area (Å²) in [6, 6.07) is 0. The van der Waals surface area contributed by atoms with Gasteiger partial charge in [-0.25, -0.2) is 0 Å². The average Bonchev–Trinajstić information content (AvgIpc) is 2.85. The van der Waals surface area contributed by atoms with Crippen molar-refractivity contribution in [1.82, 2.24) is 20.1 Å². The maximum atomic E-state index is 4.05. The normalized spacial score (nSPS) is 18.0. The molecule has 15 heavy (non-hydrogen) atoms. The van der Waals surface area contributed by atoms with Gasteiger partial charge in [-0.3, -0.25) is 0 Å². The molecule has 4 nitrogen and oxygen atoms in total. The molecule has 0 unspecified atom stereocenters. The van der Waals surface area contributed by atoms with Gasteiger partial charge in [-0.1, -0.05) is 13.3 Å². The highest BCUT2D eigenvalue weighted by atomic mass is 15.3. The highest BCUT2D eigenvalue weighted by Gasteiger charge is 2.40. The SMILES string of the molecule is CCCC1(CNCc2nncn2C)CC1. The van der Waals surface area contributed by atoms with E-state index in [1.165, 1.54) is 25.7 Å². The quantitative estimate of drug-likeness (QED) is 0.770. The molecule has 84 valence electrons. The van der Waals surface area contributed by atoms with Crippen LogP contribution in [0, 0.1) is 5.41 Å². The number of aromatic nitrogens is 3. The van der Waals surface area contributed by atoms with Crippen LogP contribution < -0.4 is 5.32 Å². The highest BCUT2D eigenvalue weighted by Crippen LogP contribution is 2.48. The molecule has 2 rings (SSSR count). The van der Waals surface area contributed by atoms with Crippen molar-refractivity contribution in [3.63, 3.8) is 0 Å². The monoisotopic (exact) mass is 208 g/mol. The van der Waals surface area contributed by atoms with E-state index in [1.807, 2.05) is 11.6 Å². The molecule has 0 saturated heterocycles. The van der Waals surface area contributed by atoms with Crippen LogP contribution in [0.25, 0.3) is 0 Å². The highest BCUT2D eigenvalue weighted by molar-refractivity contribution is 4.95. The molecule has 1 aromatic rings. The molecule has 1 aliphatic carbocycles. The summed E-state index contributed by atoms with van der Waals surface area (Å²) < 4.78 is 1.96. The smallest absolute Gasteiger partial charge is 0.146 e. The van der Waals surface area contributed by atoms with Crippen LogP contribution in [-0.2, 0) is 13.6 Å². The van der Waals surface area contributed by atoms with Gasteiger partial charge in [0, 0.05) is 13.6 Å². The van der Waals surface area contributed by atoms with Crippen LogP contribution in [0.2, 0.25) is 0 Å². The summed E-state index contributed by atoms with van der Waals surface area (Å²) in [6.07, 6.45) is 7.19. The second kappa shape index (κ2) is 4.31. The number of nitrogens with zero attached hydrogens (tertiary/aromatic N) is 3. The van der Waals surface area contributed by atoms with Gasteiger partial charge in [-0.2, -0.15) is 0 Å². The largest absolute Gasteiger partial charge is 0.320 e. The topological polar surface area (TPSA) is 42.7 Å². The molecule has 0 bridgehead atoms. The molecule has 0 radical (unpaired) electrons. The molecule has 1 fully saturated rings. The van der Waals surface area contributed by atoms with Gasteiger partial charge in [0.05, 0.1) is 6.54 Å². The lowest BCUT2D eigenvalue weighted by molar-refractivity contribution is 0.416. The van der Waals surface area contributed by atoms with E-state index in [9.17, 15) is 0 Å². The van der Waals surface area contributed by atoms with E-state index >= 15 is 0 Å². The first-order valence-corrected chi connectivity index (χ1v) is 5.79. The zero-order chi connectivity index (χ0) is 10.7. The Hall–Kier alpha value is -0.900. The predicted molar refractivity (Wildman–Crippen MR) is 59.3 cm³/mol. The Morgan fingerprint density at radius 1 is 1.53 bits per heavy atom. The number of rotatable bonds is 6. The minimum atomic E-state index is 0.618. The molecule has 1 saturated carbocycles. The molecule has 0 spiro atoms. The lowest BCUT2D eigenvalue weighted by atomic mass is 10.0. The van der Waals surface area contributed by atoms with Crippen molar-refractivity contribution in [2.45, 2.75) is 39.2 Å². The van der Waals surface area contributed by atoms with Crippen LogP contribution in [0.4, 0.5) is 0 Å². The maximum Gasteiger partial charge on any atom is 0.146 e. The number of hydrogen-bond donors (Lipinski definition) is 1. The van der Waals surface area contributed by atoms with Crippen molar-refractivity contribution in [3.05, 3.63) is 12.2 Å². The predicted octanol–water partition coefficient (Wildman–Crippen LogP) is 1.48. The molecular formula is C11H20N4. The van der Waals surface area contributed by atoms with Gasteiger partial charge in [0.2, 0.25) is 0 Å². The molecule has 0 aromatic carbocycles. The third kappa shape index (κ3) is 2.56. The number of nitrogens with one attached hydrogen (secondary N) is 1. The molecule has 0 atom stereocenters. The zero-order valence-electron chi connectivity index (χ0n) is 9.66. The van der Waals surface area contributed by atoms with E-state index in [4.69, 9.17) is 0 Å². The molecule has 0 amide bonds. The van der Waals surface area contributed by atoms with Crippen molar-refractivity contribution in [3.8, 4) is 0 Å². The van der Waals surface area contributed by atoms with Crippen LogP contribution in [-0.4, -0.2) is 21.3 Å². The molecule has 1 aliphatic rings. The van der Waals surface area contributed by atoms with E-state index in [0.717, 1.165) is 18.9 Å². The Bertz CT molecular complexity index is 314. The molecular weight excluding hydrogens is 188 g/mol. The summed E-state index contributed by atoms with van der Waals surface area (Å²) >= 11 is 0. The van der Waals surface area contributed by atoms with Crippen LogP contribution in [0.15, 0.2) is 6.33 Å². The fourth-order valence-electron chi connectivity index (χ4n) is 2.13. The second-order valence-corrected chi connectivity index (χ2v) is 4.71. The first kappa shape index (κ1) is 10.6. The summed E-state index contributed by atoms with van der Waals surface area (Å²) in [4.78, 5) is 0. The second-order valence-electron chi connectivity index (χ2n) is 4.71. The van der Waals surface area contributed by atoms with Crippen molar-refractivity contribution in [2.75, 3.05) is 6.54 Å². The first-order chi connectivity index (χ1) is 7.26. The fourth-order valence-corrected chi connectivity index (χ4v) is 2.13. The molecule has 1 N–H and O–H groups in total. The average molecular weight is 208 g/mol. The molecule has 0 aliphatic heterocycles. The third-order valence-corrected chi connectivity index (χ3v) is 3.33. The summed E-state index contributed by atoms with van der Waals surface area (Å²) in [7, 11) is 1.98. The summed E-state index contributed by atoms with van der Waals surface area (Å²) in [5.74, 6) is 1.02. The lowest BCUT2D eigenvalue weighted by Gasteiger charge is -2.14. The van der Waals surface area contributed by atoms with Gasteiger partial charge in [0.1, 0.15) is 12.2 Å². The Kier molecular flexibility index (Phi) is 3.05. The fraction of sp³-hybridized carbons (Fsp3) is 0.818. The summed E-state index contributed by atoms with van der Waals surface area (Å²) in [5, 5.41) is 11.4. The first-order valence-electron chi connectivity index (χ1n) is 5.79. The zero-order valence-corrected chi connectivity index (χ0v) is 9.66. The standard InChI is InChI=1S/C11H20N4/c1-3-4-11(5-6-11)8-12-7-10-14-13-9-15(10)2/h9,12H,3-8H2,1-2H3. The van der Waals surface area contributed by atoms with Gasteiger partial charge in [-0.05, 0) is 24.7 Å². The third-order valence-electron chi connectivity index (χ3n) is 3.33. The van der Waals surface area contributed by atoms with Crippen molar-refractivity contribution >= 4 is 0 Å². The van der Waals surface area contributed by atoms with Gasteiger partial charge in [-0.15, -0.1) is 10.2 Å². The van der Waals surface area contributed by atoms with E-state index in [0.29, 0.717) is 5.41 Å². The van der Waals surface area contributed by atoms with Crippen molar-refractivity contribution in [2.24, 2.45) is 12.5 Å². The van der Waals surface area contributed by atoms with E-state index in [1.54, 1.807) is 6.33 Å². The number of aryl methyl sites for hydroxylation is 1. The van der Waals surface area contributed by atoms with Crippen LogP contribution in [0.3, 0.4) is 0 Å². The van der Waals surface area contributed by atoms with Crippen LogP contribution in [0.5, 0.6) is 0 Å². The minimum absolute atomic E-state index is 0.618. The van der Waals surface area contributed by atoms with E-state index in [-0.39, 0.29) is 0 Å². The lowest BCUT2D eigenvalue weighted by Crippen LogP contribution is -2.24. The van der Waals surface area contributed by atoms with Crippen LogP contribution in [0.1, 0.15) is 38.4 Å². The van der Waals surface area contributed by atoms with Crippen LogP contribution >= 0.6 is 0 Å². The minimum Gasteiger partial charge on any atom is -0.320 e. The Balaban J connectivity index is 1.73. The van der Waals surface area contributed by atoms with E-state index < -0.39 is 0 Å². The van der Waals surface area contributed by atoms with Gasteiger partial charge in [0.25, 0.3) is 0 Å². The Morgan fingerprint density at radius 2 is 2.33 bits per heavy atom. The molecule has 1 heterocycles. The Labute approximate surface area is 91.1 Å². The maximum absolute atomic E-state index is 4.05. The van der Waals surface area contributed by atoms with Gasteiger partial charge >= 0.3 is 0 Å². The van der Waals surface area contributed by atoms with Gasteiger partial charge < -0.3 is 9.88 Å². The molecule has 4 heteroatoms.